The van der Waals surface area contributed by atoms with Crippen molar-refractivity contribution in [1.29, 1.82) is 0 Å². The minimum atomic E-state index is -0.996. The fraction of sp³-hybridized carbons (Fsp3) is 0.846. The van der Waals surface area contributed by atoms with Crippen LogP contribution in [0, 0.1) is 5.41 Å². The maximum absolute atomic E-state index is 12.0. The number of nitrogens with one attached hydrogen (secondary N) is 1. The Balaban J connectivity index is 2.42. The first-order valence-corrected chi connectivity index (χ1v) is 6.65. The highest BCUT2D eigenvalue weighted by Gasteiger charge is 2.42. The van der Waals surface area contributed by atoms with Crippen LogP contribution in [0.15, 0.2) is 0 Å². The van der Waals surface area contributed by atoms with Gasteiger partial charge in [-0.2, -0.15) is 0 Å². The van der Waals surface area contributed by atoms with Gasteiger partial charge in [-0.15, -0.1) is 0 Å². The van der Waals surface area contributed by atoms with Gasteiger partial charge in [0.05, 0.1) is 0 Å². The van der Waals surface area contributed by atoms with Crippen molar-refractivity contribution in [1.82, 2.24) is 10.2 Å². The summed E-state index contributed by atoms with van der Waals surface area (Å²) in [6.45, 7) is 4.63. The Kier molecular flexibility index (Phi) is 5.60. The lowest BCUT2D eigenvalue weighted by Gasteiger charge is -2.26. The number of carbonyl (C=O) groups excluding carboxylic acids is 1. The number of aliphatic carboxylic acids is 1. The monoisotopic (exact) mass is 272 g/mol. The number of amides is 2. The van der Waals surface area contributed by atoms with E-state index in [-0.39, 0.29) is 24.0 Å². The minimum Gasteiger partial charge on any atom is -0.480 e. The Hall–Kier alpha value is -1.30. The second-order valence-corrected chi connectivity index (χ2v) is 5.52. The summed E-state index contributed by atoms with van der Waals surface area (Å²) < 4.78 is 5.06. The average Bonchev–Trinajstić information content (AvgIpc) is 3.11. The molecule has 0 unspecified atom stereocenters. The van der Waals surface area contributed by atoms with Gasteiger partial charge in [-0.3, -0.25) is 4.79 Å². The van der Waals surface area contributed by atoms with Gasteiger partial charge in [0.1, 0.15) is 6.54 Å². The van der Waals surface area contributed by atoms with Crippen LogP contribution in [-0.4, -0.2) is 54.9 Å². The van der Waals surface area contributed by atoms with Gasteiger partial charge in [0.25, 0.3) is 0 Å². The number of urea groups is 1. The van der Waals surface area contributed by atoms with Crippen molar-refractivity contribution in [3.63, 3.8) is 0 Å². The molecule has 19 heavy (non-hydrogen) atoms. The molecule has 1 aliphatic carbocycles. The SMILES string of the molecule is COCCC1(CNC(=O)N(CC(=O)O)C(C)C)CC1. The third-order valence-electron chi connectivity index (χ3n) is 3.60. The van der Waals surface area contributed by atoms with Gasteiger partial charge < -0.3 is 20.1 Å². The van der Waals surface area contributed by atoms with E-state index in [4.69, 9.17) is 9.84 Å². The summed E-state index contributed by atoms with van der Waals surface area (Å²) in [6.07, 6.45) is 3.12. The lowest BCUT2D eigenvalue weighted by Crippen LogP contribution is -2.47. The van der Waals surface area contributed by atoms with Gasteiger partial charge in [0.2, 0.25) is 0 Å². The van der Waals surface area contributed by atoms with Crippen LogP contribution >= 0.6 is 0 Å². The molecule has 1 rings (SSSR count). The van der Waals surface area contributed by atoms with Gasteiger partial charge >= 0.3 is 12.0 Å². The summed E-state index contributed by atoms with van der Waals surface area (Å²) in [5.74, 6) is -0.996. The number of hydrogen-bond donors (Lipinski definition) is 2. The molecule has 0 aliphatic heterocycles. The lowest BCUT2D eigenvalue weighted by molar-refractivity contribution is -0.138. The van der Waals surface area contributed by atoms with Gasteiger partial charge in [-0.05, 0) is 38.5 Å². The van der Waals surface area contributed by atoms with E-state index in [2.05, 4.69) is 5.32 Å². The molecule has 1 saturated carbocycles. The Bertz CT molecular complexity index is 327. The third kappa shape index (κ3) is 5.06. The van der Waals surface area contributed by atoms with Crippen molar-refractivity contribution in [3.05, 3.63) is 0 Å². The Labute approximate surface area is 114 Å². The summed E-state index contributed by atoms with van der Waals surface area (Å²) >= 11 is 0. The molecule has 0 saturated heterocycles. The van der Waals surface area contributed by atoms with Crippen LogP contribution < -0.4 is 5.32 Å². The molecule has 0 heterocycles. The van der Waals surface area contributed by atoms with Gasteiger partial charge in [0, 0.05) is 26.3 Å². The standard InChI is InChI=1S/C13H24N2O4/c1-10(2)15(8-11(16)17)12(18)14-9-13(4-5-13)6-7-19-3/h10H,4-9H2,1-3H3,(H,14,18)(H,16,17). The number of rotatable bonds is 8. The predicted octanol–water partition coefficient (Wildman–Crippen LogP) is 1.31. The molecular formula is C13H24N2O4. The number of ether oxygens (including phenoxy) is 1. The van der Waals surface area contributed by atoms with Crippen LogP contribution in [0.4, 0.5) is 4.79 Å². The first-order valence-electron chi connectivity index (χ1n) is 6.65. The van der Waals surface area contributed by atoms with Crippen molar-refractivity contribution >= 4 is 12.0 Å². The molecular weight excluding hydrogens is 248 g/mol. The van der Waals surface area contributed by atoms with Gasteiger partial charge in [-0.1, -0.05) is 0 Å². The highest BCUT2D eigenvalue weighted by atomic mass is 16.5. The van der Waals surface area contributed by atoms with E-state index in [1.54, 1.807) is 21.0 Å². The van der Waals surface area contributed by atoms with Crippen molar-refractivity contribution in [3.8, 4) is 0 Å². The molecule has 0 bridgehead atoms. The van der Waals surface area contributed by atoms with E-state index < -0.39 is 5.97 Å². The highest BCUT2D eigenvalue weighted by Crippen LogP contribution is 2.48. The average molecular weight is 272 g/mol. The maximum Gasteiger partial charge on any atom is 0.323 e. The van der Waals surface area contributed by atoms with Crippen LogP contribution in [0.5, 0.6) is 0 Å². The molecule has 2 N–H and O–H groups in total. The normalized spacial score (nSPS) is 16.2. The highest BCUT2D eigenvalue weighted by molar-refractivity contribution is 5.80. The Morgan fingerprint density at radius 1 is 1.42 bits per heavy atom. The summed E-state index contributed by atoms with van der Waals surface area (Å²) in [4.78, 5) is 24.1. The van der Waals surface area contributed by atoms with E-state index in [1.165, 1.54) is 4.90 Å². The van der Waals surface area contributed by atoms with E-state index >= 15 is 0 Å². The van der Waals surface area contributed by atoms with Gasteiger partial charge in [0.15, 0.2) is 0 Å². The van der Waals surface area contributed by atoms with Crippen LogP contribution in [0.25, 0.3) is 0 Å². The number of methoxy groups -OCH3 is 1. The molecule has 6 nitrogen and oxygen atoms in total. The summed E-state index contributed by atoms with van der Waals surface area (Å²) in [6, 6.07) is -0.439. The Morgan fingerprint density at radius 2 is 2.05 bits per heavy atom. The maximum atomic E-state index is 12.0. The molecule has 1 fully saturated rings. The molecule has 0 aromatic rings. The topological polar surface area (TPSA) is 78.9 Å². The zero-order valence-electron chi connectivity index (χ0n) is 11.9. The zero-order valence-corrected chi connectivity index (χ0v) is 11.9. The first-order chi connectivity index (χ1) is 8.90. The van der Waals surface area contributed by atoms with Crippen molar-refractivity contribution in [2.45, 2.75) is 39.2 Å². The van der Waals surface area contributed by atoms with Crippen LogP contribution in [0.2, 0.25) is 0 Å². The molecule has 110 valence electrons. The number of nitrogens with zero attached hydrogens (tertiary/aromatic N) is 1. The van der Waals surface area contributed by atoms with E-state index in [0.717, 1.165) is 19.3 Å². The first kappa shape index (κ1) is 15.8. The molecule has 6 heteroatoms. The summed E-state index contributed by atoms with van der Waals surface area (Å²) in [7, 11) is 1.67. The number of carboxylic acids is 1. The second kappa shape index (κ2) is 6.75. The van der Waals surface area contributed by atoms with E-state index in [1.807, 2.05) is 0 Å². The number of carboxylic acid groups (broad SMARTS) is 1. The van der Waals surface area contributed by atoms with E-state index in [0.29, 0.717) is 13.2 Å². The third-order valence-corrected chi connectivity index (χ3v) is 3.60. The predicted molar refractivity (Wildman–Crippen MR) is 71.0 cm³/mol. The van der Waals surface area contributed by atoms with Crippen molar-refractivity contribution < 1.29 is 19.4 Å². The summed E-state index contributed by atoms with van der Waals surface area (Å²) in [5.41, 5.74) is 0.164. The molecule has 0 atom stereocenters. The smallest absolute Gasteiger partial charge is 0.323 e. The fourth-order valence-corrected chi connectivity index (χ4v) is 2.01. The van der Waals surface area contributed by atoms with Crippen LogP contribution in [-0.2, 0) is 9.53 Å². The number of hydrogen-bond acceptors (Lipinski definition) is 3. The Morgan fingerprint density at radius 3 is 2.47 bits per heavy atom. The molecule has 0 spiro atoms. The molecule has 1 aliphatic rings. The molecule has 0 radical (unpaired) electrons. The fourth-order valence-electron chi connectivity index (χ4n) is 2.01. The minimum absolute atomic E-state index is 0.134. The van der Waals surface area contributed by atoms with Gasteiger partial charge in [-0.25, -0.2) is 4.79 Å². The summed E-state index contributed by atoms with van der Waals surface area (Å²) in [5, 5.41) is 11.6. The van der Waals surface area contributed by atoms with Crippen molar-refractivity contribution in [2.24, 2.45) is 5.41 Å². The van der Waals surface area contributed by atoms with Crippen molar-refractivity contribution in [2.75, 3.05) is 26.8 Å². The quantitative estimate of drug-likeness (QED) is 0.698. The van der Waals surface area contributed by atoms with E-state index in [9.17, 15) is 9.59 Å². The molecule has 0 aromatic heterocycles. The second-order valence-electron chi connectivity index (χ2n) is 5.52. The molecule has 0 aromatic carbocycles. The van der Waals surface area contributed by atoms with Crippen LogP contribution in [0.3, 0.4) is 0 Å². The zero-order chi connectivity index (χ0) is 14.5. The largest absolute Gasteiger partial charge is 0.480 e. The molecule has 2 amide bonds. The number of carbonyl (C=O) groups is 2. The van der Waals surface area contributed by atoms with Crippen LogP contribution in [0.1, 0.15) is 33.1 Å². The lowest BCUT2D eigenvalue weighted by atomic mass is 10.0.